The van der Waals surface area contributed by atoms with Crippen molar-refractivity contribution in [3.8, 4) is 6.07 Å². The number of nitrogens with zero attached hydrogens (tertiary/aromatic N) is 5. The number of halogens is 1. The Morgan fingerprint density at radius 2 is 1.88 bits per heavy atom. The molecule has 1 saturated heterocycles. The van der Waals surface area contributed by atoms with Gasteiger partial charge in [-0.05, 0) is 48.9 Å². The van der Waals surface area contributed by atoms with Gasteiger partial charge in [0, 0.05) is 43.6 Å². The number of amides is 1. The highest BCUT2D eigenvalue weighted by Crippen LogP contribution is 2.36. The third-order valence-electron chi connectivity index (χ3n) is 6.23. The molecule has 0 radical (unpaired) electrons. The lowest BCUT2D eigenvalue weighted by atomic mass is 9.93. The Kier molecular flexibility index (Phi) is 5.31. The Bertz CT molecular complexity index is 1260. The van der Waals surface area contributed by atoms with Gasteiger partial charge in [0.2, 0.25) is 0 Å². The van der Waals surface area contributed by atoms with Gasteiger partial charge in [-0.1, -0.05) is 12.1 Å². The average molecular weight is 442 g/mol. The second-order valence-electron chi connectivity index (χ2n) is 8.22. The van der Waals surface area contributed by atoms with Crippen molar-refractivity contribution in [3.05, 3.63) is 89.0 Å². The van der Waals surface area contributed by atoms with Crippen molar-refractivity contribution in [2.45, 2.75) is 13.0 Å². The van der Waals surface area contributed by atoms with Crippen molar-refractivity contribution in [2.75, 3.05) is 36.4 Å². The van der Waals surface area contributed by atoms with E-state index < -0.39 is 6.04 Å². The van der Waals surface area contributed by atoms with Crippen LogP contribution < -0.4 is 10.2 Å². The molecule has 1 aromatic heterocycles. The van der Waals surface area contributed by atoms with Gasteiger partial charge in [0.25, 0.3) is 5.91 Å². The van der Waals surface area contributed by atoms with E-state index in [0.29, 0.717) is 37.3 Å². The Morgan fingerprint density at radius 1 is 1.12 bits per heavy atom. The van der Waals surface area contributed by atoms with Gasteiger partial charge in [-0.15, -0.1) is 0 Å². The Hall–Kier alpha value is -4.12. The fourth-order valence-electron chi connectivity index (χ4n) is 4.56. The first kappa shape index (κ1) is 20.8. The van der Waals surface area contributed by atoms with E-state index in [1.54, 1.807) is 29.1 Å². The van der Waals surface area contributed by atoms with Gasteiger partial charge in [0.1, 0.15) is 17.7 Å². The second kappa shape index (κ2) is 8.43. The lowest BCUT2D eigenvalue weighted by Crippen LogP contribution is -2.50. The van der Waals surface area contributed by atoms with Crippen LogP contribution in [0.3, 0.4) is 0 Å². The van der Waals surface area contributed by atoms with Gasteiger partial charge in [-0.2, -0.15) is 10.4 Å². The van der Waals surface area contributed by atoms with Gasteiger partial charge >= 0.3 is 0 Å². The predicted octanol–water partition coefficient (Wildman–Crippen LogP) is 3.53. The van der Waals surface area contributed by atoms with Crippen LogP contribution in [0.5, 0.6) is 0 Å². The SMILES string of the molecule is CC1=C(C(=O)N2CCN(c3ccc(F)cc3)CC2)C(c2cccc(C#N)c2)n2nccc2N1. The number of rotatable bonds is 3. The van der Waals surface area contributed by atoms with Crippen LogP contribution in [0.15, 0.2) is 72.1 Å². The van der Waals surface area contributed by atoms with Crippen molar-refractivity contribution in [2.24, 2.45) is 0 Å². The number of aromatic nitrogens is 2. The van der Waals surface area contributed by atoms with E-state index >= 15 is 0 Å². The van der Waals surface area contributed by atoms with Crippen LogP contribution in [0.4, 0.5) is 15.9 Å². The molecule has 1 amide bonds. The maximum Gasteiger partial charge on any atom is 0.254 e. The number of hydrogen-bond acceptors (Lipinski definition) is 5. The molecule has 2 aliphatic rings. The highest BCUT2D eigenvalue weighted by molar-refractivity contribution is 5.97. The van der Waals surface area contributed by atoms with Crippen LogP contribution in [0.1, 0.15) is 24.1 Å². The number of fused-ring (bicyclic) bond motifs is 1. The van der Waals surface area contributed by atoms with Gasteiger partial charge in [-0.25, -0.2) is 9.07 Å². The van der Waals surface area contributed by atoms with Crippen molar-refractivity contribution in [1.29, 1.82) is 5.26 Å². The van der Waals surface area contributed by atoms with E-state index in [2.05, 4.69) is 21.4 Å². The molecule has 0 aliphatic carbocycles. The highest BCUT2D eigenvalue weighted by Gasteiger charge is 2.35. The van der Waals surface area contributed by atoms with E-state index in [0.717, 1.165) is 22.8 Å². The van der Waals surface area contributed by atoms with Crippen LogP contribution >= 0.6 is 0 Å². The normalized spacial score (nSPS) is 17.9. The number of carbonyl (C=O) groups is 1. The number of benzene rings is 2. The molecule has 8 heteroatoms. The van der Waals surface area contributed by atoms with E-state index in [-0.39, 0.29) is 11.7 Å². The quantitative estimate of drug-likeness (QED) is 0.672. The first-order valence-corrected chi connectivity index (χ1v) is 10.9. The number of nitrogens with one attached hydrogen (secondary N) is 1. The molecular weight excluding hydrogens is 419 g/mol. The molecule has 0 spiro atoms. The monoisotopic (exact) mass is 442 g/mol. The molecule has 2 aliphatic heterocycles. The molecule has 2 aromatic carbocycles. The second-order valence-corrected chi connectivity index (χ2v) is 8.22. The van der Waals surface area contributed by atoms with Crippen molar-refractivity contribution in [1.82, 2.24) is 14.7 Å². The molecule has 1 N–H and O–H groups in total. The zero-order valence-electron chi connectivity index (χ0n) is 18.2. The lowest BCUT2D eigenvalue weighted by Gasteiger charge is -2.38. The van der Waals surface area contributed by atoms with Crippen LogP contribution in [0.2, 0.25) is 0 Å². The molecule has 166 valence electrons. The van der Waals surface area contributed by atoms with Crippen LogP contribution in [0.25, 0.3) is 0 Å². The Balaban J connectivity index is 1.42. The predicted molar refractivity (Wildman–Crippen MR) is 123 cm³/mol. The van der Waals surface area contributed by atoms with Gasteiger partial charge < -0.3 is 15.1 Å². The van der Waals surface area contributed by atoms with Crippen LogP contribution in [0, 0.1) is 17.1 Å². The summed E-state index contributed by atoms with van der Waals surface area (Å²) in [5, 5.41) is 17.2. The van der Waals surface area contributed by atoms with Gasteiger partial charge in [0.05, 0.1) is 23.4 Å². The summed E-state index contributed by atoms with van der Waals surface area (Å²) >= 11 is 0. The molecule has 7 nitrogen and oxygen atoms in total. The van der Waals surface area contributed by atoms with E-state index in [9.17, 15) is 14.4 Å². The maximum absolute atomic E-state index is 13.8. The summed E-state index contributed by atoms with van der Waals surface area (Å²) in [4.78, 5) is 17.8. The number of nitriles is 1. The molecule has 3 heterocycles. The largest absolute Gasteiger partial charge is 0.368 e. The lowest BCUT2D eigenvalue weighted by molar-refractivity contribution is -0.128. The summed E-state index contributed by atoms with van der Waals surface area (Å²) in [6.07, 6.45) is 1.70. The first-order chi connectivity index (χ1) is 16.0. The number of carbonyl (C=O) groups excluding carboxylic acids is 1. The van der Waals surface area contributed by atoms with Crippen molar-refractivity contribution >= 4 is 17.4 Å². The standard InChI is InChI=1S/C25H23FN6O/c1-17-23(25(33)31-13-11-30(12-14-31)21-7-5-20(26)6-8-21)24(32-22(29-17)9-10-28-32)19-4-2-3-18(15-19)16-27/h2-10,15,24,29H,11-14H2,1H3. The number of allylic oxidation sites excluding steroid dienone is 1. The summed E-state index contributed by atoms with van der Waals surface area (Å²) in [5.74, 6) is 0.495. The molecule has 1 unspecified atom stereocenters. The molecule has 1 atom stereocenters. The fraction of sp³-hybridized carbons (Fsp3) is 0.240. The summed E-state index contributed by atoms with van der Waals surface area (Å²) in [5.41, 5.74) is 3.73. The molecule has 0 bridgehead atoms. The minimum atomic E-state index is -0.424. The third-order valence-corrected chi connectivity index (χ3v) is 6.23. The summed E-state index contributed by atoms with van der Waals surface area (Å²) in [7, 11) is 0. The molecule has 3 aromatic rings. The Labute approximate surface area is 191 Å². The maximum atomic E-state index is 13.8. The zero-order chi connectivity index (χ0) is 22.9. The minimum Gasteiger partial charge on any atom is -0.368 e. The van der Waals surface area contributed by atoms with E-state index in [4.69, 9.17) is 0 Å². The molecule has 0 saturated carbocycles. The van der Waals surface area contributed by atoms with Gasteiger partial charge in [0.15, 0.2) is 0 Å². The topological polar surface area (TPSA) is 77.2 Å². The molecular formula is C25H23FN6O. The summed E-state index contributed by atoms with van der Waals surface area (Å²) in [6.45, 7) is 4.35. The molecule has 5 rings (SSSR count). The minimum absolute atomic E-state index is 0.0488. The highest BCUT2D eigenvalue weighted by atomic mass is 19.1. The summed E-state index contributed by atoms with van der Waals surface area (Å²) in [6, 6.07) is 17.4. The molecule has 33 heavy (non-hydrogen) atoms. The van der Waals surface area contributed by atoms with E-state index in [1.807, 2.05) is 36.1 Å². The first-order valence-electron chi connectivity index (χ1n) is 10.9. The summed E-state index contributed by atoms with van der Waals surface area (Å²) < 4.78 is 15.1. The van der Waals surface area contributed by atoms with Gasteiger partial charge in [-0.3, -0.25) is 4.79 Å². The van der Waals surface area contributed by atoms with Crippen molar-refractivity contribution in [3.63, 3.8) is 0 Å². The fourth-order valence-corrected chi connectivity index (χ4v) is 4.56. The zero-order valence-corrected chi connectivity index (χ0v) is 18.2. The van der Waals surface area contributed by atoms with Crippen molar-refractivity contribution < 1.29 is 9.18 Å². The number of anilines is 2. The third kappa shape index (κ3) is 3.82. The number of piperazine rings is 1. The average Bonchev–Trinajstić information content (AvgIpc) is 3.31. The number of hydrogen-bond donors (Lipinski definition) is 1. The van der Waals surface area contributed by atoms with Crippen LogP contribution in [-0.4, -0.2) is 46.8 Å². The molecule has 1 fully saturated rings. The Morgan fingerprint density at radius 3 is 2.61 bits per heavy atom. The van der Waals surface area contributed by atoms with Crippen LogP contribution in [-0.2, 0) is 4.79 Å². The smallest absolute Gasteiger partial charge is 0.254 e. The van der Waals surface area contributed by atoms with E-state index in [1.165, 1.54) is 12.1 Å².